The molecule has 148 valence electrons. The third kappa shape index (κ3) is 6.01. The lowest BCUT2D eigenvalue weighted by Gasteiger charge is -2.36. The minimum Gasteiger partial charge on any atom is -0.368 e. The number of rotatable bonds is 6. The van der Waals surface area contributed by atoms with Crippen LogP contribution in [0, 0.1) is 6.92 Å². The van der Waals surface area contributed by atoms with Gasteiger partial charge < -0.3 is 15.1 Å². The van der Waals surface area contributed by atoms with Gasteiger partial charge in [0.1, 0.15) is 0 Å². The molecule has 7 heteroatoms. The molecule has 1 heterocycles. The highest BCUT2D eigenvalue weighted by Crippen LogP contribution is 2.19. The van der Waals surface area contributed by atoms with Gasteiger partial charge in [-0.05, 0) is 42.8 Å². The third-order valence-electron chi connectivity index (χ3n) is 4.57. The summed E-state index contributed by atoms with van der Waals surface area (Å²) in [6.45, 7) is 5.20. The maximum Gasteiger partial charge on any atom is 0.234 e. The fourth-order valence-electron chi connectivity index (χ4n) is 3.12. The highest BCUT2D eigenvalue weighted by Gasteiger charge is 2.21. The SMILES string of the molecule is Cc1cccc(N2CCN(C(=O)CSCC(=O)Nc3cccc(Br)c3)CC2)c1. The van der Waals surface area contributed by atoms with E-state index in [-0.39, 0.29) is 17.6 Å². The molecular formula is C21H24BrN3O2S. The Bertz CT molecular complexity index is 838. The molecule has 2 aromatic carbocycles. The first-order valence-corrected chi connectivity index (χ1v) is 11.2. The second-order valence-electron chi connectivity index (χ2n) is 6.76. The third-order valence-corrected chi connectivity index (χ3v) is 5.98. The van der Waals surface area contributed by atoms with Gasteiger partial charge in [-0.2, -0.15) is 0 Å². The molecule has 0 bridgehead atoms. The van der Waals surface area contributed by atoms with Crippen LogP contribution in [0.2, 0.25) is 0 Å². The molecule has 0 saturated carbocycles. The number of nitrogens with zero attached hydrogens (tertiary/aromatic N) is 2. The average molecular weight is 462 g/mol. The van der Waals surface area contributed by atoms with Crippen molar-refractivity contribution >= 4 is 50.9 Å². The van der Waals surface area contributed by atoms with Gasteiger partial charge in [-0.15, -0.1) is 11.8 Å². The van der Waals surface area contributed by atoms with Crippen LogP contribution in [0.5, 0.6) is 0 Å². The Labute approximate surface area is 178 Å². The Kier molecular flexibility index (Phi) is 7.39. The molecule has 0 unspecified atom stereocenters. The summed E-state index contributed by atoms with van der Waals surface area (Å²) in [6, 6.07) is 15.9. The number of benzene rings is 2. The van der Waals surface area contributed by atoms with Gasteiger partial charge in [-0.1, -0.05) is 34.1 Å². The lowest BCUT2D eigenvalue weighted by molar-refractivity contribution is -0.128. The van der Waals surface area contributed by atoms with Crippen LogP contribution in [0.15, 0.2) is 53.0 Å². The summed E-state index contributed by atoms with van der Waals surface area (Å²) in [6.07, 6.45) is 0. The summed E-state index contributed by atoms with van der Waals surface area (Å²) in [5, 5.41) is 2.84. The Morgan fingerprint density at radius 1 is 1.04 bits per heavy atom. The number of piperazine rings is 1. The predicted molar refractivity (Wildman–Crippen MR) is 120 cm³/mol. The van der Waals surface area contributed by atoms with Crippen molar-refractivity contribution in [1.82, 2.24) is 4.90 Å². The van der Waals surface area contributed by atoms with E-state index in [0.717, 1.165) is 36.3 Å². The second-order valence-corrected chi connectivity index (χ2v) is 8.66. The number of anilines is 2. The molecule has 1 aliphatic heterocycles. The lowest BCUT2D eigenvalue weighted by atomic mass is 10.2. The zero-order valence-electron chi connectivity index (χ0n) is 15.9. The summed E-state index contributed by atoms with van der Waals surface area (Å²) in [7, 11) is 0. The topological polar surface area (TPSA) is 52.7 Å². The Balaban J connectivity index is 1.38. The first kappa shape index (κ1) is 20.7. The second kappa shape index (κ2) is 9.98. The molecule has 0 atom stereocenters. The Morgan fingerprint density at radius 2 is 1.79 bits per heavy atom. The summed E-state index contributed by atoms with van der Waals surface area (Å²) in [4.78, 5) is 28.7. The molecule has 2 aromatic rings. The van der Waals surface area contributed by atoms with Gasteiger partial charge in [-0.3, -0.25) is 9.59 Å². The molecule has 3 rings (SSSR count). The van der Waals surface area contributed by atoms with Crippen molar-refractivity contribution in [3.05, 3.63) is 58.6 Å². The van der Waals surface area contributed by atoms with E-state index >= 15 is 0 Å². The molecule has 1 fully saturated rings. The van der Waals surface area contributed by atoms with Crippen molar-refractivity contribution in [1.29, 1.82) is 0 Å². The monoisotopic (exact) mass is 461 g/mol. The molecule has 1 saturated heterocycles. The van der Waals surface area contributed by atoms with Gasteiger partial charge in [0, 0.05) is 42.0 Å². The molecule has 2 amide bonds. The lowest BCUT2D eigenvalue weighted by Crippen LogP contribution is -2.49. The minimum atomic E-state index is -0.0971. The van der Waals surface area contributed by atoms with E-state index in [0.29, 0.717) is 5.75 Å². The number of hydrogen-bond donors (Lipinski definition) is 1. The van der Waals surface area contributed by atoms with Crippen molar-refractivity contribution < 1.29 is 9.59 Å². The summed E-state index contributed by atoms with van der Waals surface area (Å²) < 4.78 is 0.915. The van der Waals surface area contributed by atoms with E-state index in [1.54, 1.807) is 0 Å². The molecule has 1 N–H and O–H groups in total. The van der Waals surface area contributed by atoms with Gasteiger partial charge in [0.2, 0.25) is 11.8 Å². The van der Waals surface area contributed by atoms with Gasteiger partial charge in [0.25, 0.3) is 0 Å². The van der Waals surface area contributed by atoms with Crippen LogP contribution < -0.4 is 10.2 Å². The Morgan fingerprint density at radius 3 is 2.50 bits per heavy atom. The highest BCUT2D eigenvalue weighted by molar-refractivity contribution is 9.10. The first-order valence-electron chi connectivity index (χ1n) is 9.24. The predicted octanol–water partition coefficient (Wildman–Crippen LogP) is 3.78. The van der Waals surface area contributed by atoms with Crippen LogP contribution in [-0.4, -0.2) is 54.4 Å². The van der Waals surface area contributed by atoms with Crippen LogP contribution in [0.4, 0.5) is 11.4 Å². The normalized spacial score (nSPS) is 14.1. The standard InChI is InChI=1S/C21H24BrN3O2S/c1-16-4-2-7-19(12-16)24-8-10-25(11-9-24)21(27)15-28-14-20(26)23-18-6-3-5-17(22)13-18/h2-7,12-13H,8-11,14-15H2,1H3,(H,23,26). The minimum absolute atomic E-state index is 0.0971. The van der Waals surface area contributed by atoms with E-state index in [2.05, 4.69) is 57.3 Å². The van der Waals surface area contributed by atoms with E-state index in [4.69, 9.17) is 0 Å². The van der Waals surface area contributed by atoms with Crippen LogP contribution in [0.25, 0.3) is 0 Å². The summed E-state index contributed by atoms with van der Waals surface area (Å²) in [5.74, 6) is 0.599. The van der Waals surface area contributed by atoms with E-state index in [1.807, 2.05) is 29.2 Å². The smallest absolute Gasteiger partial charge is 0.234 e. The number of thioether (sulfide) groups is 1. The molecule has 0 spiro atoms. The molecule has 0 aromatic heterocycles. The number of nitrogens with one attached hydrogen (secondary N) is 1. The number of halogens is 1. The fourth-order valence-corrected chi connectivity index (χ4v) is 4.24. The van der Waals surface area contributed by atoms with E-state index < -0.39 is 0 Å². The van der Waals surface area contributed by atoms with Crippen LogP contribution >= 0.6 is 27.7 Å². The maximum absolute atomic E-state index is 12.4. The molecule has 5 nitrogen and oxygen atoms in total. The number of carbonyl (C=O) groups excluding carboxylic acids is 2. The zero-order chi connectivity index (χ0) is 19.9. The van der Waals surface area contributed by atoms with Gasteiger partial charge in [-0.25, -0.2) is 0 Å². The van der Waals surface area contributed by atoms with Crippen molar-refractivity contribution in [2.75, 3.05) is 47.9 Å². The first-order chi connectivity index (χ1) is 13.5. The van der Waals surface area contributed by atoms with Gasteiger partial charge in [0.15, 0.2) is 0 Å². The molecule has 0 aliphatic carbocycles. The van der Waals surface area contributed by atoms with Crippen LogP contribution in [0.1, 0.15) is 5.56 Å². The number of aryl methyl sites for hydroxylation is 1. The van der Waals surface area contributed by atoms with Crippen LogP contribution in [-0.2, 0) is 9.59 Å². The van der Waals surface area contributed by atoms with E-state index in [1.165, 1.54) is 23.0 Å². The number of amides is 2. The van der Waals surface area contributed by atoms with Gasteiger partial charge >= 0.3 is 0 Å². The number of hydrogen-bond acceptors (Lipinski definition) is 4. The summed E-state index contributed by atoms with van der Waals surface area (Å²) >= 11 is 4.74. The van der Waals surface area contributed by atoms with Gasteiger partial charge in [0.05, 0.1) is 11.5 Å². The molecule has 0 radical (unpaired) electrons. The van der Waals surface area contributed by atoms with Crippen molar-refractivity contribution in [2.45, 2.75) is 6.92 Å². The molecule has 1 aliphatic rings. The fraction of sp³-hybridized carbons (Fsp3) is 0.333. The van der Waals surface area contributed by atoms with E-state index in [9.17, 15) is 9.59 Å². The largest absolute Gasteiger partial charge is 0.368 e. The quantitative estimate of drug-likeness (QED) is 0.710. The summed E-state index contributed by atoms with van der Waals surface area (Å²) in [5.41, 5.74) is 3.21. The Hall–Kier alpha value is -1.99. The van der Waals surface area contributed by atoms with Crippen molar-refractivity contribution in [3.63, 3.8) is 0 Å². The molecule has 28 heavy (non-hydrogen) atoms. The molecular weight excluding hydrogens is 438 g/mol. The number of carbonyl (C=O) groups is 2. The van der Waals surface area contributed by atoms with Crippen LogP contribution in [0.3, 0.4) is 0 Å². The maximum atomic E-state index is 12.4. The average Bonchev–Trinajstić information content (AvgIpc) is 2.68. The van der Waals surface area contributed by atoms with Crippen molar-refractivity contribution in [3.8, 4) is 0 Å². The highest BCUT2D eigenvalue weighted by atomic mass is 79.9. The van der Waals surface area contributed by atoms with Crippen molar-refractivity contribution in [2.24, 2.45) is 0 Å². The zero-order valence-corrected chi connectivity index (χ0v) is 18.3.